The lowest BCUT2D eigenvalue weighted by Gasteiger charge is -2.32. The number of rotatable bonds is 4. The molecule has 118 valence electrons. The zero-order chi connectivity index (χ0) is 14.5. The third-order valence-electron chi connectivity index (χ3n) is 3.61. The summed E-state index contributed by atoms with van der Waals surface area (Å²) in [7, 11) is 0. The Morgan fingerprint density at radius 1 is 1.52 bits per heavy atom. The van der Waals surface area contributed by atoms with Crippen LogP contribution in [-0.2, 0) is 4.79 Å². The molecule has 1 aromatic rings. The minimum atomic E-state index is -0.147. The molecule has 1 atom stereocenters. The van der Waals surface area contributed by atoms with Crippen LogP contribution in [0.2, 0.25) is 0 Å². The Morgan fingerprint density at radius 3 is 2.90 bits per heavy atom. The molecule has 1 aromatic heterocycles. The second-order valence-corrected chi connectivity index (χ2v) is 5.06. The van der Waals surface area contributed by atoms with Crippen molar-refractivity contribution in [2.75, 3.05) is 26.2 Å². The molecule has 1 unspecified atom stereocenters. The van der Waals surface area contributed by atoms with Gasteiger partial charge in [0.2, 0.25) is 5.91 Å². The molecular weight excluding hydrogens is 294 g/mol. The highest BCUT2D eigenvalue weighted by Crippen LogP contribution is 2.20. The third-order valence-corrected chi connectivity index (χ3v) is 3.61. The lowest BCUT2D eigenvalue weighted by atomic mass is 9.96. The molecule has 0 aromatic carbocycles. The highest BCUT2D eigenvalue weighted by molar-refractivity contribution is 5.95. The van der Waals surface area contributed by atoms with Crippen LogP contribution in [0.4, 0.5) is 0 Å². The number of aryl methyl sites for hydroxylation is 1. The number of furan rings is 1. The van der Waals surface area contributed by atoms with E-state index in [4.69, 9.17) is 10.2 Å². The smallest absolute Gasteiger partial charge is 0.257 e. The number of carbonyl (C=O) groups is 2. The van der Waals surface area contributed by atoms with Gasteiger partial charge in [-0.05, 0) is 25.8 Å². The SMILES string of the molecule is Cc1occc1C(=O)N1CCCC(C(=O)NCCN)C1.Cl. The van der Waals surface area contributed by atoms with E-state index in [0.717, 1.165) is 12.8 Å². The number of piperidine rings is 1. The van der Waals surface area contributed by atoms with Crippen LogP contribution >= 0.6 is 12.4 Å². The normalized spacial score (nSPS) is 18.0. The van der Waals surface area contributed by atoms with E-state index in [0.29, 0.717) is 37.5 Å². The second kappa shape index (κ2) is 8.05. The number of nitrogens with two attached hydrogens (primary N) is 1. The number of carbonyl (C=O) groups excluding carboxylic acids is 2. The van der Waals surface area contributed by atoms with Crippen LogP contribution in [0.25, 0.3) is 0 Å². The van der Waals surface area contributed by atoms with Gasteiger partial charge in [0, 0.05) is 26.2 Å². The van der Waals surface area contributed by atoms with Crippen molar-refractivity contribution in [1.82, 2.24) is 10.2 Å². The molecule has 0 saturated carbocycles. The molecule has 2 amide bonds. The molecule has 0 radical (unpaired) electrons. The van der Waals surface area contributed by atoms with Gasteiger partial charge in [0.15, 0.2) is 0 Å². The van der Waals surface area contributed by atoms with Crippen LogP contribution in [0.1, 0.15) is 29.0 Å². The van der Waals surface area contributed by atoms with E-state index in [-0.39, 0.29) is 30.1 Å². The summed E-state index contributed by atoms with van der Waals surface area (Å²) in [6.07, 6.45) is 3.16. The first-order valence-corrected chi connectivity index (χ1v) is 6.94. The maximum Gasteiger partial charge on any atom is 0.257 e. The molecule has 1 aliphatic heterocycles. The fourth-order valence-electron chi connectivity index (χ4n) is 2.49. The number of hydrogen-bond acceptors (Lipinski definition) is 4. The summed E-state index contributed by atoms with van der Waals surface area (Å²) in [6.45, 7) is 3.81. The van der Waals surface area contributed by atoms with Crippen molar-refractivity contribution < 1.29 is 14.0 Å². The number of hydrogen-bond donors (Lipinski definition) is 2. The lowest BCUT2D eigenvalue weighted by molar-refractivity contribution is -0.126. The molecule has 2 heterocycles. The molecule has 1 saturated heterocycles. The van der Waals surface area contributed by atoms with Gasteiger partial charge in [0.1, 0.15) is 5.76 Å². The van der Waals surface area contributed by atoms with Crippen molar-refractivity contribution >= 4 is 24.2 Å². The van der Waals surface area contributed by atoms with Crippen LogP contribution in [0.3, 0.4) is 0 Å². The molecule has 7 heteroatoms. The van der Waals surface area contributed by atoms with E-state index >= 15 is 0 Å². The quantitative estimate of drug-likeness (QED) is 0.865. The van der Waals surface area contributed by atoms with Crippen molar-refractivity contribution in [1.29, 1.82) is 0 Å². The summed E-state index contributed by atoms with van der Waals surface area (Å²) >= 11 is 0. The largest absolute Gasteiger partial charge is 0.469 e. The van der Waals surface area contributed by atoms with Gasteiger partial charge in [-0.15, -0.1) is 12.4 Å². The van der Waals surface area contributed by atoms with Crippen molar-refractivity contribution in [2.45, 2.75) is 19.8 Å². The number of halogens is 1. The monoisotopic (exact) mass is 315 g/mol. The zero-order valence-corrected chi connectivity index (χ0v) is 12.9. The minimum absolute atomic E-state index is 0. The molecular formula is C14H22ClN3O3. The Balaban J connectivity index is 0.00000220. The van der Waals surface area contributed by atoms with Crippen molar-refractivity contribution in [3.8, 4) is 0 Å². The Morgan fingerprint density at radius 2 is 2.29 bits per heavy atom. The summed E-state index contributed by atoms with van der Waals surface area (Å²) < 4.78 is 5.16. The number of nitrogens with zero attached hydrogens (tertiary/aromatic N) is 1. The first-order valence-electron chi connectivity index (χ1n) is 6.94. The van der Waals surface area contributed by atoms with Crippen molar-refractivity contribution in [3.05, 3.63) is 23.7 Å². The van der Waals surface area contributed by atoms with Crippen LogP contribution in [-0.4, -0.2) is 42.9 Å². The number of likely N-dealkylation sites (tertiary alicyclic amines) is 1. The predicted octanol–water partition coefficient (Wildman–Crippen LogP) is 0.937. The van der Waals surface area contributed by atoms with E-state index in [1.807, 2.05) is 0 Å². The average molecular weight is 316 g/mol. The van der Waals surface area contributed by atoms with Crippen LogP contribution in [0.15, 0.2) is 16.7 Å². The van der Waals surface area contributed by atoms with E-state index in [1.165, 1.54) is 6.26 Å². The maximum absolute atomic E-state index is 12.4. The third kappa shape index (κ3) is 4.22. The Bertz CT molecular complexity index is 490. The summed E-state index contributed by atoms with van der Waals surface area (Å²) in [6, 6.07) is 1.68. The number of nitrogens with one attached hydrogen (secondary N) is 1. The second-order valence-electron chi connectivity index (χ2n) is 5.06. The van der Waals surface area contributed by atoms with Crippen LogP contribution < -0.4 is 11.1 Å². The van der Waals surface area contributed by atoms with Crippen LogP contribution in [0, 0.1) is 12.8 Å². The highest BCUT2D eigenvalue weighted by Gasteiger charge is 2.29. The molecule has 1 fully saturated rings. The van der Waals surface area contributed by atoms with E-state index in [9.17, 15) is 9.59 Å². The van der Waals surface area contributed by atoms with Gasteiger partial charge in [0.05, 0.1) is 17.7 Å². The lowest BCUT2D eigenvalue weighted by Crippen LogP contribution is -2.46. The van der Waals surface area contributed by atoms with Gasteiger partial charge in [-0.2, -0.15) is 0 Å². The van der Waals surface area contributed by atoms with Crippen molar-refractivity contribution in [2.24, 2.45) is 11.7 Å². The molecule has 3 N–H and O–H groups in total. The van der Waals surface area contributed by atoms with Gasteiger partial charge in [-0.3, -0.25) is 9.59 Å². The zero-order valence-electron chi connectivity index (χ0n) is 12.1. The molecule has 6 nitrogen and oxygen atoms in total. The first-order chi connectivity index (χ1) is 9.63. The van der Waals surface area contributed by atoms with Gasteiger partial charge in [-0.25, -0.2) is 0 Å². The summed E-state index contributed by atoms with van der Waals surface area (Å²) in [5.41, 5.74) is 5.95. The molecule has 0 aliphatic carbocycles. The Labute approximate surface area is 130 Å². The standard InChI is InChI=1S/C14H21N3O3.ClH/c1-10-12(4-8-20-10)14(19)17-7-2-3-11(9-17)13(18)16-6-5-15;/h4,8,11H,2-3,5-7,9,15H2,1H3,(H,16,18);1H. The predicted molar refractivity (Wildman–Crippen MR) is 81.4 cm³/mol. The van der Waals surface area contributed by atoms with Crippen LogP contribution in [0.5, 0.6) is 0 Å². The fraction of sp³-hybridized carbons (Fsp3) is 0.571. The summed E-state index contributed by atoms with van der Waals surface area (Å²) in [4.78, 5) is 26.1. The van der Waals surface area contributed by atoms with Gasteiger partial charge < -0.3 is 20.4 Å². The van der Waals surface area contributed by atoms with E-state index < -0.39 is 0 Å². The summed E-state index contributed by atoms with van der Waals surface area (Å²) in [5.74, 6) is 0.389. The van der Waals surface area contributed by atoms with E-state index in [2.05, 4.69) is 5.32 Å². The Hall–Kier alpha value is -1.53. The van der Waals surface area contributed by atoms with Gasteiger partial charge in [0.25, 0.3) is 5.91 Å². The number of amides is 2. The summed E-state index contributed by atoms with van der Waals surface area (Å²) in [5, 5.41) is 2.79. The molecule has 1 aliphatic rings. The molecule has 21 heavy (non-hydrogen) atoms. The topological polar surface area (TPSA) is 88.6 Å². The van der Waals surface area contributed by atoms with Gasteiger partial charge in [-0.1, -0.05) is 0 Å². The van der Waals surface area contributed by atoms with Crippen molar-refractivity contribution in [3.63, 3.8) is 0 Å². The molecule has 2 rings (SSSR count). The van der Waals surface area contributed by atoms with E-state index in [1.54, 1.807) is 17.9 Å². The maximum atomic E-state index is 12.4. The Kier molecular flexibility index (Phi) is 6.71. The minimum Gasteiger partial charge on any atom is -0.469 e. The molecule has 0 spiro atoms. The highest BCUT2D eigenvalue weighted by atomic mass is 35.5. The first kappa shape index (κ1) is 17.5. The average Bonchev–Trinajstić information content (AvgIpc) is 2.90. The molecule has 0 bridgehead atoms. The fourth-order valence-corrected chi connectivity index (χ4v) is 2.49. The van der Waals surface area contributed by atoms with Gasteiger partial charge >= 0.3 is 0 Å².